The molecule has 5 nitrogen and oxygen atoms in total. The van der Waals surface area contributed by atoms with Crippen molar-refractivity contribution in [2.24, 2.45) is 0 Å². The van der Waals surface area contributed by atoms with E-state index in [2.05, 4.69) is 4.74 Å². The third-order valence-electron chi connectivity index (χ3n) is 0.610. The average molecular weight is 178 g/mol. The van der Waals surface area contributed by atoms with Crippen molar-refractivity contribution in [1.29, 1.82) is 0 Å². The summed E-state index contributed by atoms with van der Waals surface area (Å²) >= 11 is 0. The van der Waals surface area contributed by atoms with Crippen LogP contribution in [0.1, 0.15) is 2.85 Å². The smallest absolute Gasteiger partial charge is 1.00 e. The van der Waals surface area contributed by atoms with Crippen molar-refractivity contribution in [3.63, 3.8) is 0 Å². The number of ether oxygens (including phenoxy) is 1. The minimum absolute atomic E-state index is 0. The molecule has 0 aromatic rings. The van der Waals surface area contributed by atoms with Crippen molar-refractivity contribution < 1.29 is 27.7 Å². The summed E-state index contributed by atoms with van der Waals surface area (Å²) in [6, 6.07) is 0. The van der Waals surface area contributed by atoms with Crippen molar-refractivity contribution in [2.75, 3.05) is 13.2 Å². The van der Waals surface area contributed by atoms with Crippen LogP contribution in [0.4, 0.5) is 4.79 Å². The monoisotopic (exact) mass is 178 g/mol. The zero-order valence-electron chi connectivity index (χ0n) is 7.36. The summed E-state index contributed by atoms with van der Waals surface area (Å²) in [5.74, 6) is 0. The van der Waals surface area contributed by atoms with Crippen LogP contribution in [-0.2, 0) is 4.74 Å². The minimum Gasteiger partial charge on any atom is -1.00 e. The molecule has 0 fully saturated rings. The van der Waals surface area contributed by atoms with Crippen LogP contribution in [0.25, 0.3) is 0 Å². The van der Waals surface area contributed by atoms with E-state index in [1.165, 1.54) is 0 Å². The van der Waals surface area contributed by atoms with Gasteiger partial charge in [-0.1, -0.05) is 0 Å². The van der Waals surface area contributed by atoms with Crippen molar-refractivity contribution in [3.8, 4) is 0 Å². The maximum atomic E-state index is 9.60. The summed E-state index contributed by atoms with van der Waals surface area (Å²) in [5, 5.41) is 24.4. The Morgan fingerprint density at radius 1 is 1.70 bits per heavy atom. The summed E-state index contributed by atoms with van der Waals surface area (Å²) in [6.07, 6.45) is -2.57. The summed E-state index contributed by atoms with van der Waals surface area (Å²) < 4.78 is 3.90. The number of aliphatic hydroxyl groups excluding tert-OH is 2. The van der Waals surface area contributed by atoms with Crippen LogP contribution in [0.2, 0.25) is 0 Å². The van der Waals surface area contributed by atoms with E-state index in [0.29, 0.717) is 0 Å². The van der Waals surface area contributed by atoms with Gasteiger partial charge < -0.3 is 22.9 Å². The van der Waals surface area contributed by atoms with E-state index in [-0.39, 0.29) is 47.2 Å². The van der Waals surface area contributed by atoms with Gasteiger partial charge in [0.15, 0.2) is 0 Å². The number of carbonyl (C=O) groups is 1. The van der Waals surface area contributed by atoms with Crippen molar-refractivity contribution in [3.05, 3.63) is 0 Å². The Balaban J connectivity index is -0.000000107. The molecule has 0 bridgehead atoms. The Hall–Kier alpha value is 0.450. The first kappa shape index (κ1) is 13.1. The average Bonchev–Trinajstić information content (AvgIpc) is 1.83. The molecule has 1 atom stereocenters. The molecule has 10 heavy (non-hydrogen) atoms. The molecule has 0 amide bonds. The van der Waals surface area contributed by atoms with Crippen LogP contribution in [0.3, 0.4) is 0 Å². The summed E-state index contributed by atoms with van der Waals surface area (Å²) in [5.41, 5.74) is 0. The number of carboxylic acid groups (broad SMARTS) is 1. The first-order chi connectivity index (χ1) is 4.16. The second-order valence-corrected chi connectivity index (χ2v) is 1.41. The van der Waals surface area contributed by atoms with Gasteiger partial charge in [-0.3, -0.25) is 0 Å². The molecule has 0 spiro atoms. The van der Waals surface area contributed by atoms with E-state index in [1.807, 2.05) is 0 Å². The number of rotatable bonds is 3. The van der Waals surface area contributed by atoms with Crippen molar-refractivity contribution in [1.82, 2.24) is 0 Å². The van der Waals surface area contributed by atoms with Crippen molar-refractivity contribution in [2.45, 2.75) is 6.10 Å². The summed E-state index contributed by atoms with van der Waals surface area (Å²) in [7, 11) is 0. The van der Waals surface area contributed by atoms with Gasteiger partial charge >= 0.3 is 43.9 Å². The van der Waals surface area contributed by atoms with E-state index in [9.17, 15) is 4.79 Å². The molecular formula is C4H10CaO5. The van der Waals surface area contributed by atoms with Gasteiger partial charge in [0, 0.05) is 0 Å². The number of hydrogen-bond acceptors (Lipinski definition) is 4. The maximum Gasteiger partial charge on any atom is 2.00 e. The normalized spacial score (nSPS) is 11.4. The molecule has 58 valence electrons. The molecular weight excluding hydrogens is 168 g/mol. The molecule has 0 aliphatic rings. The SMILES string of the molecule is O=C(O)OCC(O)CO.[Ca+2].[H-].[H-]. The van der Waals surface area contributed by atoms with Gasteiger partial charge in [0.25, 0.3) is 0 Å². The Morgan fingerprint density at radius 2 is 2.20 bits per heavy atom. The number of aliphatic hydroxyl groups is 2. The zero-order chi connectivity index (χ0) is 7.28. The molecule has 1 unspecified atom stereocenters. The summed E-state index contributed by atoms with van der Waals surface area (Å²) in [6.45, 7) is -0.876. The first-order valence-corrected chi connectivity index (χ1v) is 2.31. The van der Waals surface area contributed by atoms with Gasteiger partial charge in [-0.2, -0.15) is 0 Å². The van der Waals surface area contributed by atoms with Crippen LogP contribution in [-0.4, -0.2) is 78.5 Å². The quantitative estimate of drug-likeness (QED) is 0.376. The first-order valence-electron chi connectivity index (χ1n) is 2.31. The van der Waals surface area contributed by atoms with Gasteiger partial charge in [0.05, 0.1) is 6.61 Å². The third kappa shape index (κ3) is 8.45. The fourth-order valence-corrected chi connectivity index (χ4v) is 0.220. The Morgan fingerprint density at radius 3 is 2.50 bits per heavy atom. The van der Waals surface area contributed by atoms with E-state index in [0.717, 1.165) is 0 Å². The maximum absolute atomic E-state index is 9.60. The Kier molecular flexibility index (Phi) is 9.87. The van der Waals surface area contributed by atoms with Gasteiger partial charge in [0.1, 0.15) is 12.7 Å². The zero-order valence-corrected chi connectivity index (χ0v) is 7.57. The van der Waals surface area contributed by atoms with E-state index in [1.54, 1.807) is 0 Å². The molecule has 6 heteroatoms. The van der Waals surface area contributed by atoms with Crippen LogP contribution < -0.4 is 0 Å². The van der Waals surface area contributed by atoms with Gasteiger partial charge in [0.2, 0.25) is 0 Å². The molecule has 0 rings (SSSR count). The molecule has 0 radical (unpaired) electrons. The Labute approximate surface area is 90.6 Å². The second kappa shape index (κ2) is 7.56. The topological polar surface area (TPSA) is 87.0 Å². The predicted molar refractivity (Wildman–Crippen MR) is 35.0 cm³/mol. The standard InChI is InChI=1S/C4H8O5.Ca.2H/c5-1-3(6)2-9-4(7)8;;;/h3,5-6H,1-2H2,(H,7,8);;;/q;+2;2*-1. The fourth-order valence-electron chi connectivity index (χ4n) is 0.220. The van der Waals surface area contributed by atoms with Crippen LogP contribution in [0.5, 0.6) is 0 Å². The molecule has 0 aliphatic heterocycles. The van der Waals surface area contributed by atoms with Crippen molar-refractivity contribution >= 4 is 43.9 Å². The molecule has 0 aromatic carbocycles. The molecule has 0 heterocycles. The van der Waals surface area contributed by atoms with Gasteiger partial charge in [-0.05, 0) is 0 Å². The minimum atomic E-state index is -1.46. The van der Waals surface area contributed by atoms with Crippen LogP contribution in [0, 0.1) is 0 Å². The van der Waals surface area contributed by atoms with Gasteiger partial charge in [-0.15, -0.1) is 0 Å². The fraction of sp³-hybridized carbons (Fsp3) is 0.750. The van der Waals surface area contributed by atoms with E-state index < -0.39 is 18.9 Å². The third-order valence-corrected chi connectivity index (χ3v) is 0.610. The second-order valence-electron chi connectivity index (χ2n) is 1.41. The largest absolute Gasteiger partial charge is 2.00 e. The van der Waals surface area contributed by atoms with Crippen LogP contribution >= 0.6 is 0 Å². The van der Waals surface area contributed by atoms with Crippen LogP contribution in [0.15, 0.2) is 0 Å². The molecule has 0 aromatic heterocycles. The molecule has 0 saturated heterocycles. The molecule has 0 aliphatic carbocycles. The van der Waals surface area contributed by atoms with Gasteiger partial charge in [-0.25, -0.2) is 4.79 Å². The Bertz CT molecular complexity index is 103. The van der Waals surface area contributed by atoms with E-state index >= 15 is 0 Å². The summed E-state index contributed by atoms with van der Waals surface area (Å²) in [4.78, 5) is 9.60. The predicted octanol–water partition coefficient (Wildman–Crippen LogP) is -1.12. The van der Waals surface area contributed by atoms with E-state index in [4.69, 9.17) is 15.3 Å². The molecule has 0 saturated carbocycles. The number of hydrogen-bond donors (Lipinski definition) is 3. The molecule has 3 N–H and O–H groups in total.